The minimum absolute atomic E-state index is 0.0204. The molecule has 170 valence electrons. The summed E-state index contributed by atoms with van der Waals surface area (Å²) in [6.45, 7) is 4.43. The van der Waals surface area contributed by atoms with Crippen LogP contribution in [0.5, 0.6) is 0 Å². The van der Waals surface area contributed by atoms with Crippen LogP contribution in [0, 0.1) is 5.41 Å². The number of anilines is 1. The summed E-state index contributed by atoms with van der Waals surface area (Å²) < 4.78 is 26.8. The third-order valence-electron chi connectivity index (χ3n) is 6.48. The fraction of sp³-hybridized carbons (Fsp3) is 0.571. The highest BCUT2D eigenvalue weighted by Gasteiger charge is 2.45. The topological polar surface area (TPSA) is 80.0 Å². The first-order chi connectivity index (χ1) is 15.4. The smallest absolute Gasteiger partial charge is 0.258 e. The Morgan fingerprint density at radius 3 is 2.75 bits per heavy atom. The van der Waals surface area contributed by atoms with Crippen LogP contribution in [0.25, 0.3) is 11.2 Å². The van der Waals surface area contributed by atoms with E-state index in [2.05, 4.69) is 37.3 Å². The van der Waals surface area contributed by atoms with Gasteiger partial charge >= 0.3 is 0 Å². The van der Waals surface area contributed by atoms with E-state index in [4.69, 9.17) is 0 Å². The fourth-order valence-electron chi connectivity index (χ4n) is 4.67. The third-order valence-corrected chi connectivity index (χ3v) is 7.37. The third kappa shape index (κ3) is 4.05. The molecule has 3 aromatic heterocycles. The van der Waals surface area contributed by atoms with Crippen molar-refractivity contribution in [2.75, 3.05) is 24.5 Å². The summed E-state index contributed by atoms with van der Waals surface area (Å²) in [5.41, 5.74) is 1.94. The Hall–Kier alpha value is -2.69. The number of hydrogen-bond acceptors (Lipinski definition) is 7. The van der Waals surface area contributed by atoms with Gasteiger partial charge in [-0.05, 0) is 19.3 Å². The number of aromatic nitrogens is 5. The van der Waals surface area contributed by atoms with E-state index >= 15 is 0 Å². The highest BCUT2D eigenvalue weighted by Crippen LogP contribution is 2.42. The molecule has 2 aliphatic rings. The number of carbonyl (C=O) groups excluding carboxylic acids is 1. The molecule has 2 fully saturated rings. The zero-order valence-corrected chi connectivity index (χ0v) is 18.7. The molecule has 5 rings (SSSR count). The van der Waals surface area contributed by atoms with E-state index in [9.17, 15) is 13.6 Å². The Kier molecular flexibility index (Phi) is 5.52. The lowest BCUT2D eigenvalue weighted by Crippen LogP contribution is -2.42. The number of hydrogen-bond donors (Lipinski definition) is 0. The summed E-state index contributed by atoms with van der Waals surface area (Å²) in [5, 5.41) is 7.04. The molecule has 0 N–H and O–H groups in total. The van der Waals surface area contributed by atoms with Crippen molar-refractivity contribution in [2.45, 2.75) is 52.1 Å². The number of halogens is 2. The summed E-state index contributed by atoms with van der Waals surface area (Å²) in [6.07, 6.45) is 3.87. The average Bonchev–Trinajstić information content (AvgIpc) is 3.47. The number of rotatable bonds is 6. The molecule has 0 unspecified atom stereocenters. The van der Waals surface area contributed by atoms with E-state index in [1.165, 1.54) is 10.9 Å². The van der Waals surface area contributed by atoms with E-state index in [1.807, 2.05) is 4.90 Å². The van der Waals surface area contributed by atoms with Crippen LogP contribution in [0.4, 0.5) is 14.6 Å². The van der Waals surface area contributed by atoms with Crippen LogP contribution in [0.15, 0.2) is 17.8 Å². The maximum Gasteiger partial charge on any atom is 0.258 e. The standard InChI is InChI=1S/C21H25F2N7OS/c1-2-14-12-32-18(26-14)11-29-13-21(7-19(29)31)3-5-28(6-4-21)17-9-24-15-8-25-30(10-16(22)23)20(15)27-17/h8-9,12,16H,2-7,10-11,13H2,1H3. The van der Waals surface area contributed by atoms with Crippen LogP contribution < -0.4 is 4.90 Å². The van der Waals surface area contributed by atoms with Gasteiger partial charge < -0.3 is 9.80 Å². The van der Waals surface area contributed by atoms with Gasteiger partial charge in [0.15, 0.2) is 5.65 Å². The first kappa shape index (κ1) is 21.2. The van der Waals surface area contributed by atoms with Gasteiger partial charge in [0.2, 0.25) is 5.91 Å². The van der Waals surface area contributed by atoms with E-state index in [1.54, 1.807) is 17.5 Å². The Bertz CT molecular complexity index is 1120. The number of alkyl halides is 2. The molecule has 0 bridgehead atoms. The second kappa shape index (κ2) is 8.34. The molecule has 32 heavy (non-hydrogen) atoms. The van der Waals surface area contributed by atoms with Gasteiger partial charge in [-0.15, -0.1) is 11.3 Å². The lowest BCUT2D eigenvalue weighted by molar-refractivity contribution is -0.128. The Morgan fingerprint density at radius 1 is 1.22 bits per heavy atom. The molecular formula is C21H25F2N7OS. The molecular weight excluding hydrogens is 436 g/mol. The molecule has 0 saturated carbocycles. The van der Waals surface area contributed by atoms with Crippen molar-refractivity contribution < 1.29 is 13.6 Å². The number of aryl methyl sites for hydroxylation is 1. The van der Waals surface area contributed by atoms with Crippen LogP contribution in [0.1, 0.15) is 36.9 Å². The first-order valence-corrected chi connectivity index (χ1v) is 11.8. The maximum absolute atomic E-state index is 12.8. The van der Waals surface area contributed by atoms with Gasteiger partial charge in [-0.2, -0.15) is 5.10 Å². The van der Waals surface area contributed by atoms with Crippen molar-refractivity contribution in [3.63, 3.8) is 0 Å². The predicted molar refractivity (Wildman–Crippen MR) is 117 cm³/mol. The number of likely N-dealkylation sites (tertiary alicyclic amines) is 1. The second-order valence-electron chi connectivity index (χ2n) is 8.65. The summed E-state index contributed by atoms with van der Waals surface area (Å²) >= 11 is 1.62. The van der Waals surface area contributed by atoms with Crippen molar-refractivity contribution in [3.05, 3.63) is 28.5 Å². The monoisotopic (exact) mass is 461 g/mol. The predicted octanol–water partition coefficient (Wildman–Crippen LogP) is 3.13. The van der Waals surface area contributed by atoms with E-state index in [0.717, 1.165) is 49.6 Å². The number of carbonyl (C=O) groups is 1. The first-order valence-electron chi connectivity index (χ1n) is 10.9. The van der Waals surface area contributed by atoms with Crippen LogP contribution in [0.2, 0.25) is 0 Å². The lowest BCUT2D eigenvalue weighted by Gasteiger charge is -2.39. The lowest BCUT2D eigenvalue weighted by atomic mass is 9.77. The number of nitrogens with zero attached hydrogens (tertiary/aromatic N) is 7. The number of thiazole rings is 1. The molecule has 11 heteroatoms. The molecule has 1 spiro atoms. The summed E-state index contributed by atoms with van der Waals surface area (Å²) in [5.74, 6) is 0.864. The molecule has 5 heterocycles. The van der Waals surface area contributed by atoms with Gasteiger partial charge in [-0.25, -0.2) is 28.4 Å². The van der Waals surface area contributed by atoms with Gasteiger partial charge in [0.25, 0.3) is 6.43 Å². The van der Waals surface area contributed by atoms with Crippen molar-refractivity contribution >= 4 is 34.2 Å². The van der Waals surface area contributed by atoms with Crippen molar-refractivity contribution in [1.29, 1.82) is 0 Å². The fourth-order valence-corrected chi connectivity index (χ4v) is 5.57. The molecule has 2 aliphatic heterocycles. The summed E-state index contributed by atoms with van der Waals surface area (Å²) in [6, 6.07) is 0. The molecule has 1 amide bonds. The van der Waals surface area contributed by atoms with Crippen LogP contribution in [-0.4, -0.2) is 61.6 Å². The summed E-state index contributed by atoms with van der Waals surface area (Å²) in [4.78, 5) is 30.3. The Labute approximate surface area is 188 Å². The van der Waals surface area contributed by atoms with Crippen molar-refractivity contribution in [2.24, 2.45) is 5.41 Å². The highest BCUT2D eigenvalue weighted by atomic mass is 32.1. The van der Waals surface area contributed by atoms with Crippen molar-refractivity contribution in [1.82, 2.24) is 29.6 Å². The number of amides is 1. The van der Waals surface area contributed by atoms with Gasteiger partial charge in [0.1, 0.15) is 22.9 Å². The second-order valence-corrected chi connectivity index (χ2v) is 9.60. The van der Waals surface area contributed by atoms with Crippen LogP contribution >= 0.6 is 11.3 Å². The van der Waals surface area contributed by atoms with Crippen LogP contribution in [0.3, 0.4) is 0 Å². The van der Waals surface area contributed by atoms with Gasteiger partial charge in [-0.3, -0.25) is 4.79 Å². The molecule has 0 radical (unpaired) electrons. The zero-order valence-electron chi connectivity index (χ0n) is 17.9. The molecule has 3 aromatic rings. The van der Waals surface area contributed by atoms with Gasteiger partial charge in [0, 0.05) is 36.9 Å². The molecule has 8 nitrogen and oxygen atoms in total. The zero-order chi connectivity index (χ0) is 22.3. The molecule has 0 aromatic carbocycles. The minimum Gasteiger partial charge on any atom is -0.355 e. The van der Waals surface area contributed by atoms with E-state index < -0.39 is 13.0 Å². The minimum atomic E-state index is -2.50. The average molecular weight is 462 g/mol. The Balaban J connectivity index is 1.25. The van der Waals surface area contributed by atoms with Gasteiger partial charge in [0.05, 0.1) is 24.6 Å². The van der Waals surface area contributed by atoms with Crippen molar-refractivity contribution in [3.8, 4) is 0 Å². The van der Waals surface area contributed by atoms with Gasteiger partial charge in [-0.1, -0.05) is 6.92 Å². The number of fused-ring (bicyclic) bond motifs is 1. The SMILES string of the molecule is CCc1csc(CN2CC3(CCN(c4cnc5cnn(CC(F)F)c5n4)CC3)CC2=O)n1. The Morgan fingerprint density at radius 2 is 2.03 bits per heavy atom. The number of piperidine rings is 1. The van der Waals surface area contributed by atoms with Crippen LogP contribution in [-0.2, 0) is 24.3 Å². The normalized spacial score (nSPS) is 18.6. The summed E-state index contributed by atoms with van der Waals surface area (Å²) in [7, 11) is 0. The highest BCUT2D eigenvalue weighted by molar-refractivity contribution is 7.09. The van der Waals surface area contributed by atoms with E-state index in [-0.39, 0.29) is 11.3 Å². The quantitative estimate of drug-likeness (QED) is 0.561. The molecule has 0 atom stereocenters. The molecule has 2 saturated heterocycles. The maximum atomic E-state index is 12.8. The largest absolute Gasteiger partial charge is 0.355 e. The van der Waals surface area contributed by atoms with E-state index in [0.29, 0.717) is 29.9 Å². The molecule has 0 aliphatic carbocycles.